The Morgan fingerprint density at radius 2 is 1.80 bits per heavy atom. The van der Waals surface area contributed by atoms with Gasteiger partial charge in [0.25, 0.3) is 0 Å². The van der Waals surface area contributed by atoms with E-state index in [1.54, 1.807) is 0 Å². The van der Waals surface area contributed by atoms with Crippen molar-refractivity contribution < 1.29 is 0 Å². The van der Waals surface area contributed by atoms with E-state index in [-0.39, 0.29) is 0 Å². The van der Waals surface area contributed by atoms with Gasteiger partial charge in [-0.15, -0.1) is 0 Å². The molecule has 0 saturated heterocycles. The molecule has 1 aromatic carbocycles. The SMILES string of the molecule is Cc1cc(NC(CN)CC2CCCCC2)cc(C)c1Br. The van der Waals surface area contributed by atoms with Gasteiger partial charge in [-0.25, -0.2) is 0 Å². The monoisotopic (exact) mass is 338 g/mol. The maximum atomic E-state index is 5.97. The summed E-state index contributed by atoms with van der Waals surface area (Å²) in [5, 5.41) is 3.64. The number of hydrogen-bond acceptors (Lipinski definition) is 2. The molecule has 3 N–H and O–H groups in total. The zero-order valence-electron chi connectivity index (χ0n) is 12.7. The van der Waals surface area contributed by atoms with Gasteiger partial charge in [-0.3, -0.25) is 0 Å². The average molecular weight is 339 g/mol. The van der Waals surface area contributed by atoms with Crippen LogP contribution in [-0.4, -0.2) is 12.6 Å². The zero-order valence-corrected chi connectivity index (χ0v) is 14.3. The molecule has 0 aliphatic heterocycles. The van der Waals surface area contributed by atoms with E-state index in [4.69, 9.17) is 5.73 Å². The third-order valence-corrected chi connectivity index (χ3v) is 5.69. The molecule has 0 spiro atoms. The van der Waals surface area contributed by atoms with Crippen LogP contribution in [0.4, 0.5) is 5.69 Å². The maximum absolute atomic E-state index is 5.97. The minimum absolute atomic E-state index is 0.401. The predicted octanol–water partition coefficient (Wildman–Crippen LogP) is 4.78. The van der Waals surface area contributed by atoms with Crippen LogP contribution in [0.25, 0.3) is 0 Å². The van der Waals surface area contributed by atoms with Crippen molar-refractivity contribution >= 4 is 21.6 Å². The van der Waals surface area contributed by atoms with Gasteiger partial charge in [0, 0.05) is 22.7 Å². The van der Waals surface area contributed by atoms with Crippen molar-refractivity contribution in [3.05, 3.63) is 27.7 Å². The minimum atomic E-state index is 0.401. The van der Waals surface area contributed by atoms with Crippen molar-refractivity contribution in [3.8, 4) is 0 Å². The molecule has 112 valence electrons. The Morgan fingerprint density at radius 3 is 2.35 bits per heavy atom. The highest BCUT2D eigenvalue weighted by molar-refractivity contribution is 9.10. The van der Waals surface area contributed by atoms with E-state index in [2.05, 4.69) is 47.2 Å². The lowest BCUT2D eigenvalue weighted by atomic mass is 9.85. The topological polar surface area (TPSA) is 38.0 Å². The van der Waals surface area contributed by atoms with Crippen LogP contribution in [0.15, 0.2) is 16.6 Å². The number of anilines is 1. The third-order valence-electron chi connectivity index (χ3n) is 4.43. The van der Waals surface area contributed by atoms with Crippen molar-refractivity contribution in [3.63, 3.8) is 0 Å². The molecule has 0 radical (unpaired) electrons. The fourth-order valence-corrected chi connectivity index (χ4v) is 3.53. The Hall–Kier alpha value is -0.540. The summed E-state index contributed by atoms with van der Waals surface area (Å²) in [4.78, 5) is 0. The summed E-state index contributed by atoms with van der Waals surface area (Å²) < 4.78 is 1.21. The molecule has 1 atom stereocenters. The average Bonchev–Trinajstić information content (AvgIpc) is 2.45. The number of aryl methyl sites for hydroxylation is 2. The lowest BCUT2D eigenvalue weighted by Crippen LogP contribution is -2.31. The zero-order chi connectivity index (χ0) is 14.5. The second kappa shape index (κ2) is 7.46. The molecular formula is C17H27BrN2. The first-order valence-corrected chi connectivity index (χ1v) is 8.62. The summed E-state index contributed by atoms with van der Waals surface area (Å²) in [5.74, 6) is 0.863. The van der Waals surface area contributed by atoms with E-state index in [0.717, 1.165) is 5.92 Å². The lowest BCUT2D eigenvalue weighted by Gasteiger charge is -2.27. The van der Waals surface area contributed by atoms with Gasteiger partial charge in [0.1, 0.15) is 0 Å². The third kappa shape index (κ3) is 4.23. The Morgan fingerprint density at radius 1 is 1.20 bits per heavy atom. The van der Waals surface area contributed by atoms with Crippen LogP contribution < -0.4 is 11.1 Å². The second-order valence-corrected chi connectivity index (χ2v) is 7.03. The minimum Gasteiger partial charge on any atom is -0.381 e. The molecule has 3 heteroatoms. The standard InChI is InChI=1S/C17H27BrN2/c1-12-8-15(9-13(2)17(12)18)20-16(11-19)10-14-6-4-3-5-7-14/h8-9,14,16,20H,3-7,10-11,19H2,1-2H3. The van der Waals surface area contributed by atoms with Crippen LogP contribution in [0.5, 0.6) is 0 Å². The molecule has 1 aliphatic rings. The lowest BCUT2D eigenvalue weighted by molar-refractivity contribution is 0.324. The molecule has 2 nitrogen and oxygen atoms in total. The normalized spacial score (nSPS) is 18.0. The fourth-order valence-electron chi connectivity index (χ4n) is 3.30. The van der Waals surface area contributed by atoms with Crippen molar-refractivity contribution in [2.45, 2.75) is 58.4 Å². The van der Waals surface area contributed by atoms with Crippen LogP contribution in [0.3, 0.4) is 0 Å². The summed E-state index contributed by atoms with van der Waals surface area (Å²) in [7, 11) is 0. The fraction of sp³-hybridized carbons (Fsp3) is 0.647. The first-order chi connectivity index (χ1) is 9.60. The summed E-state index contributed by atoms with van der Waals surface area (Å²) in [6.45, 7) is 4.99. The van der Waals surface area contributed by atoms with Gasteiger partial charge in [0.05, 0.1) is 0 Å². The molecular weight excluding hydrogens is 312 g/mol. The number of nitrogens with one attached hydrogen (secondary N) is 1. The van der Waals surface area contributed by atoms with Gasteiger partial charge in [-0.05, 0) is 49.4 Å². The van der Waals surface area contributed by atoms with Crippen LogP contribution in [-0.2, 0) is 0 Å². The summed E-state index contributed by atoms with van der Waals surface area (Å²) in [6.07, 6.45) is 8.21. The highest BCUT2D eigenvalue weighted by atomic mass is 79.9. The van der Waals surface area contributed by atoms with E-state index in [0.29, 0.717) is 12.6 Å². The largest absolute Gasteiger partial charge is 0.381 e. The molecule has 1 fully saturated rings. The number of nitrogens with two attached hydrogens (primary N) is 1. The molecule has 20 heavy (non-hydrogen) atoms. The van der Waals surface area contributed by atoms with Crippen LogP contribution in [0.2, 0.25) is 0 Å². The van der Waals surface area contributed by atoms with Gasteiger partial charge in [0.2, 0.25) is 0 Å². The summed E-state index contributed by atoms with van der Waals surface area (Å²) >= 11 is 3.62. The van der Waals surface area contributed by atoms with E-state index in [9.17, 15) is 0 Å². The number of benzene rings is 1. The van der Waals surface area contributed by atoms with E-state index in [1.165, 1.54) is 59.8 Å². The molecule has 0 heterocycles. The molecule has 0 amide bonds. The van der Waals surface area contributed by atoms with Crippen LogP contribution in [0, 0.1) is 19.8 Å². The van der Waals surface area contributed by atoms with Crippen LogP contribution in [0.1, 0.15) is 49.7 Å². The highest BCUT2D eigenvalue weighted by Gasteiger charge is 2.18. The first kappa shape index (κ1) is 15.8. The van der Waals surface area contributed by atoms with Crippen LogP contribution >= 0.6 is 15.9 Å². The van der Waals surface area contributed by atoms with Crippen molar-refractivity contribution in [2.24, 2.45) is 11.7 Å². The van der Waals surface area contributed by atoms with E-state index < -0.39 is 0 Å². The van der Waals surface area contributed by atoms with Gasteiger partial charge in [0.15, 0.2) is 0 Å². The first-order valence-electron chi connectivity index (χ1n) is 7.83. The predicted molar refractivity (Wildman–Crippen MR) is 91.3 cm³/mol. The molecule has 1 aromatic rings. The highest BCUT2D eigenvalue weighted by Crippen LogP contribution is 2.29. The van der Waals surface area contributed by atoms with E-state index in [1.807, 2.05) is 0 Å². The van der Waals surface area contributed by atoms with Crippen molar-refractivity contribution in [1.82, 2.24) is 0 Å². The maximum Gasteiger partial charge on any atom is 0.0386 e. The molecule has 1 saturated carbocycles. The summed E-state index contributed by atoms with van der Waals surface area (Å²) in [6, 6.07) is 4.82. The van der Waals surface area contributed by atoms with Gasteiger partial charge in [-0.2, -0.15) is 0 Å². The van der Waals surface area contributed by atoms with E-state index >= 15 is 0 Å². The smallest absolute Gasteiger partial charge is 0.0386 e. The Balaban J connectivity index is 1.98. The Labute approximate surface area is 131 Å². The van der Waals surface area contributed by atoms with Gasteiger partial charge >= 0.3 is 0 Å². The van der Waals surface area contributed by atoms with Crippen molar-refractivity contribution in [1.29, 1.82) is 0 Å². The quantitative estimate of drug-likeness (QED) is 0.810. The molecule has 1 unspecified atom stereocenters. The van der Waals surface area contributed by atoms with Gasteiger partial charge < -0.3 is 11.1 Å². The second-order valence-electron chi connectivity index (χ2n) is 6.24. The molecule has 1 aliphatic carbocycles. The Bertz CT molecular complexity index is 416. The molecule has 0 bridgehead atoms. The van der Waals surface area contributed by atoms with Gasteiger partial charge in [-0.1, -0.05) is 48.0 Å². The number of hydrogen-bond donors (Lipinski definition) is 2. The molecule has 2 rings (SSSR count). The number of rotatable bonds is 5. The summed E-state index contributed by atoms with van der Waals surface area (Å²) in [5.41, 5.74) is 9.73. The molecule has 0 aromatic heterocycles. The van der Waals surface area contributed by atoms with Crippen molar-refractivity contribution in [2.75, 3.05) is 11.9 Å². The Kier molecular flexibility index (Phi) is 5.91. The number of halogens is 1.